The zero-order valence-corrected chi connectivity index (χ0v) is 14.2. The number of nitriles is 1. The summed E-state index contributed by atoms with van der Waals surface area (Å²) in [4.78, 5) is 12.7. The van der Waals surface area contributed by atoms with Gasteiger partial charge in [-0.2, -0.15) is 15.0 Å². The SMILES string of the molecule is CCN(CC)C(=O)n1cc(C#N)c(S(=O)(=O)c2cccc(F)c2F)n1. The molecular formula is C15H14F2N4O3S. The molecule has 0 spiro atoms. The summed E-state index contributed by atoms with van der Waals surface area (Å²) in [5, 5.41) is 12.0. The summed E-state index contributed by atoms with van der Waals surface area (Å²) in [6.07, 6.45) is 0.949. The summed E-state index contributed by atoms with van der Waals surface area (Å²) in [5.74, 6) is -2.92. The molecule has 0 saturated heterocycles. The Morgan fingerprint density at radius 3 is 2.52 bits per heavy atom. The zero-order chi connectivity index (χ0) is 18.8. The minimum Gasteiger partial charge on any atom is -0.323 e. The molecule has 0 aliphatic heterocycles. The number of carbonyl (C=O) groups excluding carboxylic acids is 1. The van der Waals surface area contributed by atoms with E-state index in [1.54, 1.807) is 19.9 Å². The predicted molar refractivity (Wildman–Crippen MR) is 82.5 cm³/mol. The molecule has 0 atom stereocenters. The van der Waals surface area contributed by atoms with Crippen LogP contribution in [0.2, 0.25) is 0 Å². The van der Waals surface area contributed by atoms with Gasteiger partial charge in [0.05, 0.1) is 6.20 Å². The summed E-state index contributed by atoms with van der Waals surface area (Å²) < 4.78 is 53.1. The maximum Gasteiger partial charge on any atom is 0.344 e. The van der Waals surface area contributed by atoms with Crippen molar-refractivity contribution in [1.29, 1.82) is 5.26 Å². The average molecular weight is 368 g/mol. The van der Waals surface area contributed by atoms with Gasteiger partial charge in [-0.25, -0.2) is 22.0 Å². The standard InChI is InChI=1S/C15H14F2N4O3S/c1-3-20(4-2)15(22)21-9-10(8-18)14(19-21)25(23,24)12-7-5-6-11(16)13(12)17/h5-7,9H,3-4H2,1-2H3. The molecule has 132 valence electrons. The van der Waals surface area contributed by atoms with E-state index in [1.807, 2.05) is 0 Å². The molecule has 7 nitrogen and oxygen atoms in total. The molecule has 25 heavy (non-hydrogen) atoms. The number of amides is 1. The van der Waals surface area contributed by atoms with Gasteiger partial charge in [0.1, 0.15) is 16.5 Å². The minimum absolute atomic E-state index is 0.345. The largest absolute Gasteiger partial charge is 0.344 e. The summed E-state index contributed by atoms with van der Waals surface area (Å²) in [5.41, 5.74) is -0.441. The number of hydrogen-bond acceptors (Lipinski definition) is 5. The first kappa shape index (κ1) is 18.5. The lowest BCUT2D eigenvalue weighted by atomic mass is 10.3. The Balaban J connectivity index is 2.61. The molecule has 0 radical (unpaired) electrons. The zero-order valence-electron chi connectivity index (χ0n) is 13.4. The molecule has 0 fully saturated rings. The highest BCUT2D eigenvalue weighted by atomic mass is 32.2. The van der Waals surface area contributed by atoms with Crippen LogP contribution in [0.5, 0.6) is 0 Å². The topological polar surface area (TPSA) is 96.1 Å². The van der Waals surface area contributed by atoms with Gasteiger partial charge in [-0.3, -0.25) is 0 Å². The summed E-state index contributed by atoms with van der Waals surface area (Å²) in [6, 6.07) is 3.62. The van der Waals surface area contributed by atoms with Crippen LogP contribution in [0.1, 0.15) is 19.4 Å². The Bertz CT molecular complexity index is 960. The fourth-order valence-electron chi connectivity index (χ4n) is 2.17. The van der Waals surface area contributed by atoms with Gasteiger partial charge in [0, 0.05) is 13.1 Å². The number of benzene rings is 1. The van der Waals surface area contributed by atoms with E-state index in [1.165, 1.54) is 4.90 Å². The van der Waals surface area contributed by atoms with Crippen molar-refractivity contribution in [2.24, 2.45) is 0 Å². The van der Waals surface area contributed by atoms with Crippen molar-refractivity contribution in [2.75, 3.05) is 13.1 Å². The van der Waals surface area contributed by atoms with Gasteiger partial charge in [-0.15, -0.1) is 0 Å². The van der Waals surface area contributed by atoms with E-state index in [0.29, 0.717) is 17.8 Å². The van der Waals surface area contributed by atoms with Crippen LogP contribution in [0, 0.1) is 23.0 Å². The maximum absolute atomic E-state index is 13.9. The molecule has 0 aliphatic carbocycles. The van der Waals surface area contributed by atoms with Crippen molar-refractivity contribution < 1.29 is 22.0 Å². The first-order valence-electron chi connectivity index (χ1n) is 7.26. The fourth-order valence-corrected chi connectivity index (χ4v) is 3.55. The van der Waals surface area contributed by atoms with Crippen molar-refractivity contribution in [3.05, 3.63) is 41.6 Å². The van der Waals surface area contributed by atoms with E-state index in [0.717, 1.165) is 24.4 Å². The average Bonchev–Trinajstić information content (AvgIpc) is 3.03. The third-order valence-corrected chi connectivity index (χ3v) is 5.20. The molecule has 2 rings (SSSR count). The lowest BCUT2D eigenvalue weighted by Gasteiger charge is -2.17. The van der Waals surface area contributed by atoms with Crippen molar-refractivity contribution in [3.8, 4) is 6.07 Å². The van der Waals surface area contributed by atoms with Crippen LogP contribution >= 0.6 is 0 Å². The fraction of sp³-hybridized carbons (Fsp3) is 0.267. The van der Waals surface area contributed by atoms with E-state index < -0.39 is 43.0 Å². The highest BCUT2D eigenvalue weighted by Gasteiger charge is 2.31. The highest BCUT2D eigenvalue weighted by molar-refractivity contribution is 7.91. The lowest BCUT2D eigenvalue weighted by molar-refractivity contribution is 0.201. The van der Waals surface area contributed by atoms with Gasteiger partial charge in [0.2, 0.25) is 9.84 Å². The van der Waals surface area contributed by atoms with E-state index in [9.17, 15) is 22.0 Å². The van der Waals surface area contributed by atoms with Crippen LogP contribution in [0.25, 0.3) is 0 Å². The summed E-state index contributed by atoms with van der Waals surface area (Å²) in [7, 11) is -4.63. The smallest absolute Gasteiger partial charge is 0.323 e. The Morgan fingerprint density at radius 2 is 1.96 bits per heavy atom. The number of nitrogens with zero attached hydrogens (tertiary/aromatic N) is 4. The Hall–Kier alpha value is -2.80. The number of aromatic nitrogens is 2. The van der Waals surface area contributed by atoms with Crippen LogP contribution in [0.15, 0.2) is 34.3 Å². The second-order valence-electron chi connectivity index (χ2n) is 4.91. The molecule has 1 heterocycles. The molecule has 2 aromatic rings. The quantitative estimate of drug-likeness (QED) is 0.824. The third kappa shape index (κ3) is 3.23. The van der Waals surface area contributed by atoms with Crippen LogP contribution < -0.4 is 0 Å². The number of hydrogen-bond donors (Lipinski definition) is 0. The van der Waals surface area contributed by atoms with Crippen LogP contribution in [0.4, 0.5) is 13.6 Å². The molecule has 1 aromatic heterocycles. The molecule has 10 heteroatoms. The molecule has 0 N–H and O–H groups in total. The van der Waals surface area contributed by atoms with E-state index in [2.05, 4.69) is 5.10 Å². The number of rotatable bonds is 4. The van der Waals surface area contributed by atoms with Crippen LogP contribution in [-0.2, 0) is 9.84 Å². The monoisotopic (exact) mass is 368 g/mol. The van der Waals surface area contributed by atoms with E-state index in [-0.39, 0.29) is 0 Å². The molecule has 1 amide bonds. The molecular weight excluding hydrogens is 354 g/mol. The minimum atomic E-state index is -4.63. The Labute approximate surface area is 143 Å². The van der Waals surface area contributed by atoms with Gasteiger partial charge in [0.15, 0.2) is 16.7 Å². The first-order valence-corrected chi connectivity index (χ1v) is 8.74. The van der Waals surface area contributed by atoms with Gasteiger partial charge < -0.3 is 4.90 Å². The van der Waals surface area contributed by atoms with Crippen LogP contribution in [-0.4, -0.2) is 42.2 Å². The number of halogens is 2. The second-order valence-corrected chi connectivity index (χ2v) is 6.75. The van der Waals surface area contributed by atoms with Crippen molar-refractivity contribution in [2.45, 2.75) is 23.8 Å². The Morgan fingerprint density at radius 1 is 1.32 bits per heavy atom. The van der Waals surface area contributed by atoms with Gasteiger partial charge >= 0.3 is 6.03 Å². The number of sulfone groups is 1. The molecule has 0 saturated carbocycles. The van der Waals surface area contributed by atoms with Crippen LogP contribution in [0.3, 0.4) is 0 Å². The third-order valence-electron chi connectivity index (χ3n) is 3.49. The lowest BCUT2D eigenvalue weighted by Crippen LogP contribution is -2.34. The van der Waals surface area contributed by atoms with Crippen molar-refractivity contribution in [3.63, 3.8) is 0 Å². The maximum atomic E-state index is 13.9. The van der Waals surface area contributed by atoms with Gasteiger partial charge in [-0.05, 0) is 26.0 Å². The number of carbonyl (C=O) groups is 1. The Kier molecular flexibility index (Phi) is 5.18. The van der Waals surface area contributed by atoms with Gasteiger partial charge in [-0.1, -0.05) is 6.07 Å². The first-order chi connectivity index (χ1) is 11.8. The molecule has 1 aromatic carbocycles. The molecule has 0 bridgehead atoms. The van der Waals surface area contributed by atoms with Crippen molar-refractivity contribution >= 4 is 15.9 Å². The normalized spacial score (nSPS) is 11.2. The van der Waals surface area contributed by atoms with E-state index in [4.69, 9.17) is 5.26 Å². The van der Waals surface area contributed by atoms with Crippen molar-refractivity contribution in [1.82, 2.24) is 14.7 Å². The summed E-state index contributed by atoms with van der Waals surface area (Å²) >= 11 is 0. The summed E-state index contributed by atoms with van der Waals surface area (Å²) in [6.45, 7) is 4.13. The highest BCUT2D eigenvalue weighted by Crippen LogP contribution is 2.26. The van der Waals surface area contributed by atoms with E-state index >= 15 is 0 Å². The molecule has 0 unspecified atom stereocenters. The molecule has 0 aliphatic rings. The predicted octanol–water partition coefficient (Wildman–Crippen LogP) is 2.18. The van der Waals surface area contributed by atoms with Gasteiger partial charge in [0.25, 0.3) is 0 Å². The second kappa shape index (κ2) is 6.98.